The number of rotatable bonds is 1. The fourth-order valence-electron chi connectivity index (χ4n) is 2.32. The van der Waals surface area contributed by atoms with Crippen molar-refractivity contribution in [3.8, 4) is 0 Å². The zero-order valence-electron chi connectivity index (χ0n) is 11.9. The Morgan fingerprint density at radius 1 is 1.19 bits per heavy atom. The van der Waals surface area contributed by atoms with Gasteiger partial charge in [0.1, 0.15) is 0 Å². The van der Waals surface area contributed by atoms with Gasteiger partial charge >= 0.3 is 0 Å². The van der Waals surface area contributed by atoms with E-state index < -0.39 is 0 Å². The molecule has 0 spiro atoms. The van der Waals surface area contributed by atoms with E-state index in [0.717, 1.165) is 12.3 Å². The van der Waals surface area contributed by atoms with E-state index in [1.54, 1.807) is 0 Å². The van der Waals surface area contributed by atoms with Crippen molar-refractivity contribution in [2.45, 2.75) is 72.8 Å². The molecule has 0 saturated carbocycles. The molecule has 2 atom stereocenters. The Hall–Kier alpha value is -0.300. The molecule has 0 saturated heterocycles. The molecule has 0 aromatic heterocycles. The standard InChI is InChI=1S/C13H25N.C2H6/c1-13(2,3)10-11-8-6-4-5-7-9-12(11)14;1-2/h5,7,11-12H,4,6,8-10,14H2,1-3H3;1-2H3/b7-5-;. The summed E-state index contributed by atoms with van der Waals surface area (Å²) >= 11 is 0. The Morgan fingerprint density at radius 2 is 1.81 bits per heavy atom. The van der Waals surface area contributed by atoms with E-state index in [2.05, 4.69) is 32.9 Å². The van der Waals surface area contributed by atoms with E-state index in [0.29, 0.717) is 11.5 Å². The monoisotopic (exact) mass is 225 g/mol. The molecular formula is C15H31N. The van der Waals surface area contributed by atoms with Crippen molar-refractivity contribution in [1.29, 1.82) is 0 Å². The quantitative estimate of drug-likeness (QED) is 0.652. The first-order chi connectivity index (χ1) is 7.49. The molecule has 1 aliphatic carbocycles. The van der Waals surface area contributed by atoms with Crippen LogP contribution in [0, 0.1) is 11.3 Å². The van der Waals surface area contributed by atoms with Gasteiger partial charge in [0.15, 0.2) is 0 Å². The lowest BCUT2D eigenvalue weighted by molar-refractivity contribution is 0.245. The topological polar surface area (TPSA) is 26.0 Å². The first-order valence-electron chi connectivity index (χ1n) is 6.89. The van der Waals surface area contributed by atoms with E-state index in [-0.39, 0.29) is 0 Å². The second-order valence-electron chi connectivity index (χ2n) is 5.83. The molecule has 2 N–H and O–H groups in total. The van der Waals surface area contributed by atoms with Gasteiger partial charge in [0, 0.05) is 6.04 Å². The third kappa shape index (κ3) is 7.05. The normalized spacial score (nSPS) is 28.4. The zero-order valence-corrected chi connectivity index (χ0v) is 11.9. The summed E-state index contributed by atoms with van der Waals surface area (Å²) in [6, 6.07) is 0.380. The van der Waals surface area contributed by atoms with Gasteiger partial charge in [0.2, 0.25) is 0 Å². The Bertz CT molecular complexity index is 188. The van der Waals surface area contributed by atoms with Gasteiger partial charge < -0.3 is 5.73 Å². The van der Waals surface area contributed by atoms with Crippen LogP contribution in [-0.4, -0.2) is 6.04 Å². The maximum Gasteiger partial charge on any atom is 0.0102 e. The SMILES string of the molecule is CC.CC(C)(C)CC1CCC/C=C\CC1N. The lowest BCUT2D eigenvalue weighted by Crippen LogP contribution is -2.32. The van der Waals surface area contributed by atoms with Gasteiger partial charge in [-0.2, -0.15) is 0 Å². The van der Waals surface area contributed by atoms with Crippen molar-refractivity contribution < 1.29 is 0 Å². The summed E-state index contributed by atoms with van der Waals surface area (Å²) in [4.78, 5) is 0. The number of nitrogens with two attached hydrogens (primary N) is 1. The summed E-state index contributed by atoms with van der Waals surface area (Å²) in [5.41, 5.74) is 6.63. The summed E-state index contributed by atoms with van der Waals surface area (Å²) < 4.78 is 0. The van der Waals surface area contributed by atoms with Crippen LogP contribution in [0.15, 0.2) is 12.2 Å². The third-order valence-corrected chi connectivity index (χ3v) is 3.00. The minimum absolute atomic E-state index is 0.380. The van der Waals surface area contributed by atoms with Crippen LogP contribution < -0.4 is 5.73 Å². The van der Waals surface area contributed by atoms with Crippen LogP contribution in [0.2, 0.25) is 0 Å². The summed E-state index contributed by atoms with van der Waals surface area (Å²) in [5, 5.41) is 0. The highest BCUT2D eigenvalue weighted by molar-refractivity contribution is 4.91. The van der Waals surface area contributed by atoms with Gasteiger partial charge in [-0.15, -0.1) is 0 Å². The molecule has 0 radical (unpaired) electrons. The summed E-state index contributed by atoms with van der Waals surface area (Å²) in [5.74, 6) is 0.722. The number of allylic oxidation sites excluding steroid dienone is 1. The van der Waals surface area contributed by atoms with Gasteiger partial charge in [-0.1, -0.05) is 46.8 Å². The smallest absolute Gasteiger partial charge is 0.0102 e. The van der Waals surface area contributed by atoms with Crippen molar-refractivity contribution in [3.05, 3.63) is 12.2 Å². The highest BCUT2D eigenvalue weighted by Gasteiger charge is 2.23. The molecule has 0 aromatic rings. The largest absolute Gasteiger partial charge is 0.327 e. The van der Waals surface area contributed by atoms with Crippen LogP contribution in [0.25, 0.3) is 0 Å². The molecule has 0 bridgehead atoms. The summed E-state index contributed by atoms with van der Waals surface area (Å²) in [6.07, 6.45) is 10.7. The van der Waals surface area contributed by atoms with Crippen LogP contribution in [0.4, 0.5) is 0 Å². The van der Waals surface area contributed by atoms with Gasteiger partial charge in [-0.3, -0.25) is 0 Å². The first kappa shape index (κ1) is 15.7. The fraction of sp³-hybridized carbons (Fsp3) is 0.867. The summed E-state index contributed by atoms with van der Waals surface area (Å²) in [7, 11) is 0. The molecular weight excluding hydrogens is 194 g/mol. The number of hydrogen-bond donors (Lipinski definition) is 1. The molecule has 1 aliphatic rings. The van der Waals surface area contributed by atoms with Crippen molar-refractivity contribution >= 4 is 0 Å². The second-order valence-corrected chi connectivity index (χ2v) is 5.83. The molecule has 16 heavy (non-hydrogen) atoms. The molecule has 1 rings (SSSR count). The van der Waals surface area contributed by atoms with E-state index in [1.165, 1.54) is 25.7 Å². The first-order valence-corrected chi connectivity index (χ1v) is 6.89. The molecule has 2 unspecified atom stereocenters. The number of hydrogen-bond acceptors (Lipinski definition) is 1. The third-order valence-electron chi connectivity index (χ3n) is 3.00. The van der Waals surface area contributed by atoms with Crippen LogP contribution in [0.1, 0.15) is 66.7 Å². The minimum Gasteiger partial charge on any atom is -0.327 e. The molecule has 0 aromatic carbocycles. The highest BCUT2D eigenvalue weighted by atomic mass is 14.6. The molecule has 0 heterocycles. The van der Waals surface area contributed by atoms with Crippen molar-refractivity contribution in [2.24, 2.45) is 17.1 Å². The van der Waals surface area contributed by atoms with Crippen molar-refractivity contribution in [3.63, 3.8) is 0 Å². The van der Waals surface area contributed by atoms with Crippen molar-refractivity contribution in [1.82, 2.24) is 0 Å². The average Bonchev–Trinajstić information content (AvgIpc) is 2.19. The van der Waals surface area contributed by atoms with Gasteiger partial charge in [-0.05, 0) is 43.4 Å². The maximum absolute atomic E-state index is 6.20. The van der Waals surface area contributed by atoms with Crippen LogP contribution in [0.3, 0.4) is 0 Å². The van der Waals surface area contributed by atoms with E-state index >= 15 is 0 Å². The van der Waals surface area contributed by atoms with Crippen LogP contribution in [0.5, 0.6) is 0 Å². The molecule has 96 valence electrons. The fourth-order valence-corrected chi connectivity index (χ4v) is 2.32. The predicted molar refractivity (Wildman–Crippen MR) is 74.5 cm³/mol. The second kappa shape index (κ2) is 7.89. The Labute approximate surface area is 102 Å². The van der Waals surface area contributed by atoms with Gasteiger partial charge in [-0.25, -0.2) is 0 Å². The highest BCUT2D eigenvalue weighted by Crippen LogP contribution is 2.30. The van der Waals surface area contributed by atoms with Gasteiger partial charge in [0.05, 0.1) is 0 Å². The zero-order chi connectivity index (χ0) is 12.6. The Balaban J connectivity index is 0.00000106. The van der Waals surface area contributed by atoms with Crippen LogP contribution >= 0.6 is 0 Å². The van der Waals surface area contributed by atoms with Gasteiger partial charge in [0.25, 0.3) is 0 Å². The van der Waals surface area contributed by atoms with Crippen LogP contribution in [-0.2, 0) is 0 Å². The molecule has 0 amide bonds. The molecule has 1 heteroatoms. The van der Waals surface area contributed by atoms with Crippen molar-refractivity contribution in [2.75, 3.05) is 0 Å². The summed E-state index contributed by atoms with van der Waals surface area (Å²) in [6.45, 7) is 10.9. The van der Waals surface area contributed by atoms with E-state index in [9.17, 15) is 0 Å². The minimum atomic E-state index is 0.380. The Morgan fingerprint density at radius 3 is 2.38 bits per heavy atom. The molecule has 0 aliphatic heterocycles. The lowest BCUT2D eigenvalue weighted by atomic mass is 9.78. The predicted octanol–water partition coefficient (Wildman–Crippen LogP) is 4.52. The van der Waals surface area contributed by atoms with E-state index in [4.69, 9.17) is 5.73 Å². The molecule has 1 nitrogen and oxygen atoms in total. The maximum atomic E-state index is 6.20. The Kier molecular flexibility index (Phi) is 7.74. The lowest BCUT2D eigenvalue weighted by Gasteiger charge is -2.30. The molecule has 0 fully saturated rings. The van der Waals surface area contributed by atoms with E-state index in [1.807, 2.05) is 13.8 Å². The average molecular weight is 225 g/mol.